The van der Waals surface area contributed by atoms with Gasteiger partial charge in [0, 0.05) is 0 Å². The van der Waals surface area contributed by atoms with Crippen molar-refractivity contribution in [3.8, 4) is 0 Å². The Kier molecular flexibility index (Phi) is 2.31. The van der Waals surface area contributed by atoms with E-state index in [0.29, 0.717) is 4.84 Å². The average molecular weight is 188 g/mol. The third kappa shape index (κ3) is 1.44. The molecule has 0 unspecified atom stereocenters. The molecule has 0 amide bonds. The Bertz CT molecular complexity index is 370. The van der Waals surface area contributed by atoms with Crippen LogP contribution in [0.3, 0.4) is 0 Å². The zero-order valence-electron chi connectivity index (χ0n) is 5.53. The zero-order chi connectivity index (χ0) is 6.97. The van der Waals surface area contributed by atoms with Crippen molar-refractivity contribution in [3.05, 3.63) is 29.1 Å². The van der Waals surface area contributed by atoms with Gasteiger partial charge in [-0.1, -0.05) is 12.1 Å². The highest BCUT2D eigenvalue weighted by molar-refractivity contribution is 7.71. The Morgan fingerprint density at radius 3 is 2.73 bits per heavy atom. The van der Waals surface area contributed by atoms with E-state index in [2.05, 4.69) is 4.98 Å². The molecule has 0 saturated carbocycles. The number of oxazole rings is 1. The van der Waals surface area contributed by atoms with Gasteiger partial charge in [0.05, 0.1) is 5.52 Å². The van der Waals surface area contributed by atoms with Crippen LogP contribution in [-0.4, -0.2) is 4.98 Å². The first-order valence-corrected chi connectivity index (χ1v) is 3.35. The molecule has 0 saturated heterocycles. The summed E-state index contributed by atoms with van der Waals surface area (Å²) >= 11 is 4.79. The van der Waals surface area contributed by atoms with Gasteiger partial charge in [0.1, 0.15) is 0 Å². The van der Waals surface area contributed by atoms with E-state index in [4.69, 9.17) is 16.6 Å². The average Bonchev–Trinajstić information content (AvgIpc) is 2.27. The van der Waals surface area contributed by atoms with Gasteiger partial charge < -0.3 is 9.40 Å². The molecule has 2 aromatic rings. The number of hydrogen-bond acceptors (Lipinski definition) is 2. The molecule has 2 nitrogen and oxygen atoms in total. The summed E-state index contributed by atoms with van der Waals surface area (Å²) in [5.74, 6) is 0. The fraction of sp³-hybridized carbons (Fsp3) is 0. The summed E-state index contributed by atoms with van der Waals surface area (Å²) in [6.07, 6.45) is 0. The van der Waals surface area contributed by atoms with Crippen LogP contribution in [0.5, 0.6) is 0 Å². The molecule has 0 atom stereocenters. The lowest BCUT2D eigenvalue weighted by Crippen LogP contribution is -1.62. The highest BCUT2D eigenvalue weighted by Gasteiger charge is 1.93. The number of rotatable bonds is 0. The van der Waals surface area contributed by atoms with E-state index >= 15 is 0 Å². The Labute approximate surface area is 74.6 Å². The molecule has 2 rings (SSSR count). The van der Waals surface area contributed by atoms with Gasteiger partial charge in [0.15, 0.2) is 5.58 Å². The van der Waals surface area contributed by atoms with E-state index in [1.165, 1.54) is 0 Å². The Morgan fingerprint density at radius 1 is 1.27 bits per heavy atom. The quantitative estimate of drug-likeness (QED) is 0.643. The molecule has 0 bridgehead atoms. The number of para-hydroxylation sites is 2. The monoisotopic (exact) mass is 187 g/mol. The molecular weight excluding hydrogens is 182 g/mol. The SMILES string of the molecule is Cl.S=c1[nH]c2ccccc2o1. The maximum absolute atomic E-state index is 5.13. The number of hydrogen-bond donors (Lipinski definition) is 1. The predicted molar refractivity (Wildman–Crippen MR) is 48.6 cm³/mol. The maximum atomic E-state index is 5.13. The van der Waals surface area contributed by atoms with E-state index in [-0.39, 0.29) is 12.4 Å². The molecule has 0 aliphatic carbocycles. The standard InChI is InChI=1S/C7H5NOS.ClH/c10-7-8-5-3-1-2-4-6(5)9-7;/h1-4H,(H,8,10);1H. The summed E-state index contributed by atoms with van der Waals surface area (Å²) in [5.41, 5.74) is 1.76. The predicted octanol–water partition coefficient (Wildman–Crippen LogP) is 2.91. The molecule has 0 aliphatic rings. The summed E-state index contributed by atoms with van der Waals surface area (Å²) in [6.45, 7) is 0. The molecule has 0 fully saturated rings. The number of aromatic amines is 1. The van der Waals surface area contributed by atoms with Crippen LogP contribution in [0.4, 0.5) is 0 Å². The van der Waals surface area contributed by atoms with E-state index < -0.39 is 0 Å². The molecule has 1 N–H and O–H groups in total. The van der Waals surface area contributed by atoms with Crippen molar-refractivity contribution in [1.29, 1.82) is 0 Å². The van der Waals surface area contributed by atoms with Crippen molar-refractivity contribution < 1.29 is 4.42 Å². The Hall–Kier alpha value is -0.800. The summed E-state index contributed by atoms with van der Waals surface area (Å²) in [7, 11) is 0. The Balaban J connectivity index is 0.000000605. The number of halogens is 1. The highest BCUT2D eigenvalue weighted by atomic mass is 35.5. The minimum absolute atomic E-state index is 0. The van der Waals surface area contributed by atoms with Crippen molar-refractivity contribution in [1.82, 2.24) is 4.98 Å². The van der Waals surface area contributed by atoms with Crippen LogP contribution < -0.4 is 0 Å². The van der Waals surface area contributed by atoms with Crippen molar-refractivity contribution in [3.63, 3.8) is 0 Å². The van der Waals surface area contributed by atoms with Crippen LogP contribution >= 0.6 is 24.6 Å². The number of fused-ring (bicyclic) bond motifs is 1. The first-order valence-electron chi connectivity index (χ1n) is 2.94. The minimum Gasteiger partial charge on any atom is -0.429 e. The van der Waals surface area contributed by atoms with E-state index in [1.807, 2.05) is 24.3 Å². The van der Waals surface area contributed by atoms with Crippen LogP contribution in [-0.2, 0) is 0 Å². The van der Waals surface area contributed by atoms with Gasteiger partial charge in [0.2, 0.25) is 0 Å². The molecule has 0 spiro atoms. The van der Waals surface area contributed by atoms with Gasteiger partial charge in [-0.3, -0.25) is 0 Å². The van der Waals surface area contributed by atoms with E-state index in [0.717, 1.165) is 11.1 Å². The third-order valence-electron chi connectivity index (χ3n) is 1.33. The second-order valence-corrected chi connectivity index (χ2v) is 2.38. The molecule has 4 heteroatoms. The molecule has 0 aliphatic heterocycles. The normalized spacial score (nSPS) is 9.45. The van der Waals surface area contributed by atoms with Crippen LogP contribution in [0.1, 0.15) is 0 Å². The van der Waals surface area contributed by atoms with Gasteiger partial charge in [-0.15, -0.1) is 12.4 Å². The van der Waals surface area contributed by atoms with Crippen molar-refractivity contribution in [2.24, 2.45) is 0 Å². The molecule has 11 heavy (non-hydrogen) atoms. The third-order valence-corrected chi connectivity index (χ3v) is 1.51. The Morgan fingerprint density at radius 2 is 2.00 bits per heavy atom. The van der Waals surface area contributed by atoms with E-state index in [1.54, 1.807) is 0 Å². The van der Waals surface area contributed by atoms with Gasteiger partial charge in [0.25, 0.3) is 4.84 Å². The van der Waals surface area contributed by atoms with Gasteiger partial charge in [-0.2, -0.15) is 0 Å². The summed E-state index contributed by atoms with van der Waals surface area (Å²) in [4.78, 5) is 3.34. The lowest BCUT2D eigenvalue weighted by atomic mass is 10.3. The van der Waals surface area contributed by atoms with Crippen molar-refractivity contribution in [2.75, 3.05) is 0 Å². The van der Waals surface area contributed by atoms with Gasteiger partial charge in [-0.25, -0.2) is 0 Å². The second kappa shape index (κ2) is 3.07. The molecule has 1 aromatic heterocycles. The van der Waals surface area contributed by atoms with Crippen molar-refractivity contribution in [2.45, 2.75) is 0 Å². The number of nitrogens with one attached hydrogen (secondary N) is 1. The fourth-order valence-electron chi connectivity index (χ4n) is 0.894. The zero-order valence-corrected chi connectivity index (χ0v) is 7.17. The number of H-pyrrole nitrogens is 1. The smallest absolute Gasteiger partial charge is 0.266 e. The molecule has 1 aromatic carbocycles. The lowest BCUT2D eigenvalue weighted by Gasteiger charge is -1.80. The minimum atomic E-state index is 0. The fourth-order valence-corrected chi connectivity index (χ4v) is 1.09. The summed E-state index contributed by atoms with van der Waals surface area (Å²) in [5, 5.41) is 0. The van der Waals surface area contributed by atoms with E-state index in [9.17, 15) is 0 Å². The van der Waals surface area contributed by atoms with Crippen LogP contribution in [0.2, 0.25) is 0 Å². The highest BCUT2D eigenvalue weighted by Crippen LogP contribution is 2.10. The number of aromatic nitrogens is 1. The van der Waals surface area contributed by atoms with Crippen molar-refractivity contribution >= 4 is 35.7 Å². The molecule has 58 valence electrons. The van der Waals surface area contributed by atoms with Gasteiger partial charge >= 0.3 is 0 Å². The lowest BCUT2D eigenvalue weighted by molar-refractivity contribution is 0.583. The molecule has 1 heterocycles. The summed E-state index contributed by atoms with van der Waals surface area (Å²) < 4.78 is 5.13. The summed E-state index contributed by atoms with van der Waals surface area (Å²) in [6, 6.07) is 7.65. The topological polar surface area (TPSA) is 28.9 Å². The van der Waals surface area contributed by atoms with Crippen LogP contribution in [0, 0.1) is 4.84 Å². The largest absolute Gasteiger partial charge is 0.429 e. The molecular formula is C7H6ClNOS. The first-order chi connectivity index (χ1) is 4.86. The van der Waals surface area contributed by atoms with Crippen LogP contribution in [0.25, 0.3) is 11.1 Å². The second-order valence-electron chi connectivity index (χ2n) is 2.01. The van der Waals surface area contributed by atoms with Crippen LogP contribution in [0.15, 0.2) is 28.7 Å². The maximum Gasteiger partial charge on any atom is 0.266 e. The first kappa shape index (κ1) is 8.30. The molecule has 0 radical (unpaired) electrons. The number of benzene rings is 1. The van der Waals surface area contributed by atoms with Gasteiger partial charge in [-0.05, 0) is 24.4 Å².